The first-order valence-corrected chi connectivity index (χ1v) is 12.5. The van der Waals surface area contributed by atoms with Crippen LogP contribution in [0.3, 0.4) is 0 Å². The maximum Gasteiger partial charge on any atom is 0.303 e. The zero-order chi connectivity index (χ0) is 26.5. The molecule has 0 saturated carbocycles. The molecule has 3 aromatic rings. The number of hydrogen-bond donors (Lipinski definition) is 1. The van der Waals surface area contributed by atoms with E-state index in [1.54, 1.807) is 55.5 Å². The summed E-state index contributed by atoms with van der Waals surface area (Å²) in [4.78, 5) is 26.0. The summed E-state index contributed by atoms with van der Waals surface area (Å²) in [7, 11) is 3.16. The SMILES string of the molecule is COc1cc2c(cc1OC)C(c1ccc(Cl)cc1Cl)N(C(=O)COc1ccc(CCC(=O)O)cc1)CC2. The molecule has 0 aromatic heterocycles. The maximum atomic E-state index is 13.5. The van der Waals surface area contributed by atoms with Gasteiger partial charge in [-0.25, -0.2) is 0 Å². The van der Waals surface area contributed by atoms with Crippen LogP contribution in [0.25, 0.3) is 0 Å². The van der Waals surface area contributed by atoms with Gasteiger partial charge in [-0.15, -0.1) is 0 Å². The lowest BCUT2D eigenvalue weighted by atomic mass is 9.87. The minimum absolute atomic E-state index is 0.0560. The molecule has 7 nitrogen and oxygen atoms in total. The monoisotopic (exact) mass is 543 g/mol. The zero-order valence-electron chi connectivity index (χ0n) is 20.5. The summed E-state index contributed by atoms with van der Waals surface area (Å²) in [5.74, 6) is 0.658. The Morgan fingerprint density at radius 2 is 1.68 bits per heavy atom. The van der Waals surface area contributed by atoms with Crippen molar-refractivity contribution in [3.63, 3.8) is 0 Å². The number of halogens is 2. The number of ether oxygens (including phenoxy) is 3. The van der Waals surface area contributed by atoms with E-state index in [1.807, 2.05) is 18.2 Å². The molecule has 1 N–H and O–H groups in total. The Bertz CT molecular complexity index is 1290. The molecule has 0 bridgehead atoms. The number of benzene rings is 3. The van der Waals surface area contributed by atoms with E-state index in [0.29, 0.717) is 46.7 Å². The average molecular weight is 544 g/mol. The van der Waals surface area contributed by atoms with Gasteiger partial charge in [0, 0.05) is 23.0 Å². The van der Waals surface area contributed by atoms with Gasteiger partial charge in [0.2, 0.25) is 0 Å². The molecule has 37 heavy (non-hydrogen) atoms. The Morgan fingerprint density at radius 1 is 0.973 bits per heavy atom. The van der Waals surface area contributed by atoms with Crippen molar-refractivity contribution < 1.29 is 28.9 Å². The first-order valence-electron chi connectivity index (χ1n) is 11.7. The molecule has 1 atom stereocenters. The molecule has 1 unspecified atom stereocenters. The van der Waals surface area contributed by atoms with Crippen molar-refractivity contribution >= 4 is 35.1 Å². The molecule has 0 aliphatic carbocycles. The molecule has 0 radical (unpaired) electrons. The van der Waals surface area contributed by atoms with Crippen molar-refractivity contribution in [2.24, 2.45) is 0 Å². The lowest BCUT2D eigenvalue weighted by Gasteiger charge is -2.38. The van der Waals surface area contributed by atoms with Gasteiger partial charge in [-0.2, -0.15) is 0 Å². The summed E-state index contributed by atoms with van der Waals surface area (Å²) in [5, 5.41) is 9.81. The van der Waals surface area contributed by atoms with E-state index in [4.69, 9.17) is 42.5 Å². The highest BCUT2D eigenvalue weighted by atomic mass is 35.5. The smallest absolute Gasteiger partial charge is 0.303 e. The lowest BCUT2D eigenvalue weighted by molar-refractivity contribution is -0.137. The van der Waals surface area contributed by atoms with Crippen molar-refractivity contribution in [3.05, 3.63) is 86.9 Å². The van der Waals surface area contributed by atoms with Crippen molar-refractivity contribution in [1.82, 2.24) is 4.90 Å². The van der Waals surface area contributed by atoms with Crippen LogP contribution in [0.2, 0.25) is 10.0 Å². The van der Waals surface area contributed by atoms with Crippen LogP contribution in [0, 0.1) is 0 Å². The van der Waals surface area contributed by atoms with Crippen molar-refractivity contribution in [2.45, 2.75) is 25.3 Å². The summed E-state index contributed by atoms with van der Waals surface area (Å²) in [5.41, 5.74) is 3.56. The Morgan fingerprint density at radius 3 is 2.32 bits per heavy atom. The van der Waals surface area contributed by atoms with Gasteiger partial charge in [-0.05, 0) is 71.5 Å². The molecule has 9 heteroatoms. The Hall–Kier alpha value is -3.42. The number of methoxy groups -OCH3 is 2. The van der Waals surface area contributed by atoms with Crippen molar-refractivity contribution in [1.29, 1.82) is 0 Å². The number of aryl methyl sites for hydroxylation is 1. The number of rotatable bonds is 9. The second-order valence-corrected chi connectivity index (χ2v) is 9.48. The number of carboxylic acids is 1. The normalized spacial score (nSPS) is 14.6. The zero-order valence-corrected chi connectivity index (χ0v) is 22.0. The summed E-state index contributed by atoms with van der Waals surface area (Å²) in [6.07, 6.45) is 1.11. The molecular weight excluding hydrogens is 517 g/mol. The number of amides is 1. The molecule has 4 rings (SSSR count). The molecular formula is C28H27Cl2NO6. The van der Waals surface area contributed by atoms with E-state index in [2.05, 4.69) is 0 Å². The molecule has 0 fully saturated rings. The molecule has 1 amide bonds. The highest BCUT2D eigenvalue weighted by Gasteiger charge is 2.34. The topological polar surface area (TPSA) is 85.3 Å². The Balaban J connectivity index is 1.60. The predicted molar refractivity (Wildman–Crippen MR) is 141 cm³/mol. The van der Waals surface area contributed by atoms with E-state index in [1.165, 1.54) is 0 Å². The number of nitrogens with zero attached hydrogens (tertiary/aromatic N) is 1. The van der Waals surface area contributed by atoms with Gasteiger partial charge in [0.25, 0.3) is 5.91 Å². The number of carbonyl (C=O) groups is 2. The number of aliphatic carboxylic acids is 1. The Kier molecular flexibility index (Phi) is 8.46. The Labute approximate surface area is 225 Å². The highest BCUT2D eigenvalue weighted by molar-refractivity contribution is 6.35. The van der Waals surface area contributed by atoms with E-state index in [0.717, 1.165) is 22.3 Å². The van der Waals surface area contributed by atoms with E-state index < -0.39 is 12.0 Å². The molecule has 0 saturated heterocycles. The predicted octanol–water partition coefficient (Wildman–Crippen LogP) is 5.58. The summed E-state index contributed by atoms with van der Waals surface area (Å²) >= 11 is 12.8. The van der Waals surface area contributed by atoms with Crippen LogP contribution in [0.15, 0.2) is 54.6 Å². The maximum absolute atomic E-state index is 13.5. The molecule has 0 spiro atoms. The largest absolute Gasteiger partial charge is 0.493 e. The van der Waals surface area contributed by atoms with E-state index in [-0.39, 0.29) is 18.9 Å². The number of carbonyl (C=O) groups excluding carboxylic acids is 1. The fourth-order valence-electron chi connectivity index (χ4n) is 4.50. The third-order valence-electron chi connectivity index (χ3n) is 6.36. The van der Waals surface area contributed by atoms with Crippen LogP contribution < -0.4 is 14.2 Å². The summed E-state index contributed by atoms with van der Waals surface area (Å²) in [6.45, 7) is 0.293. The standard InChI is InChI=1S/C28H27Cl2NO6/c1-35-24-13-18-11-12-31(26(32)16-37-20-7-3-17(4-8-20)5-10-27(33)34)28(22(18)15-25(24)36-2)21-9-6-19(29)14-23(21)30/h3-4,6-9,13-15,28H,5,10-12,16H2,1-2H3,(H,33,34). The molecule has 194 valence electrons. The van der Waals surface area contributed by atoms with Crippen LogP contribution in [0.5, 0.6) is 17.2 Å². The molecule has 3 aromatic carbocycles. The fraction of sp³-hybridized carbons (Fsp3) is 0.286. The summed E-state index contributed by atoms with van der Waals surface area (Å²) < 4.78 is 16.8. The average Bonchev–Trinajstić information content (AvgIpc) is 2.89. The van der Waals surface area contributed by atoms with Crippen LogP contribution in [0.1, 0.15) is 34.7 Å². The third-order valence-corrected chi connectivity index (χ3v) is 6.93. The second-order valence-electron chi connectivity index (χ2n) is 8.64. The number of hydrogen-bond acceptors (Lipinski definition) is 5. The van der Waals surface area contributed by atoms with Gasteiger partial charge in [-0.1, -0.05) is 41.4 Å². The van der Waals surface area contributed by atoms with Gasteiger partial charge in [0.15, 0.2) is 18.1 Å². The minimum atomic E-state index is -0.847. The first-order chi connectivity index (χ1) is 17.8. The molecule has 1 aliphatic heterocycles. The van der Waals surface area contributed by atoms with E-state index in [9.17, 15) is 9.59 Å². The van der Waals surface area contributed by atoms with Crippen LogP contribution in [0.4, 0.5) is 0 Å². The second kappa shape index (κ2) is 11.8. The van der Waals surface area contributed by atoms with Crippen LogP contribution in [-0.4, -0.2) is 49.3 Å². The van der Waals surface area contributed by atoms with Gasteiger partial charge in [-0.3, -0.25) is 9.59 Å². The highest BCUT2D eigenvalue weighted by Crippen LogP contribution is 2.43. The fourth-order valence-corrected chi connectivity index (χ4v) is 5.02. The first kappa shape index (κ1) is 26.6. The van der Waals surface area contributed by atoms with E-state index >= 15 is 0 Å². The quantitative estimate of drug-likeness (QED) is 0.379. The number of carboxylic acid groups (broad SMARTS) is 1. The van der Waals surface area contributed by atoms with Crippen molar-refractivity contribution in [2.75, 3.05) is 27.4 Å². The van der Waals surface area contributed by atoms with Gasteiger partial charge >= 0.3 is 5.97 Å². The number of fused-ring (bicyclic) bond motifs is 1. The molecule has 1 heterocycles. The van der Waals surface area contributed by atoms with Crippen LogP contribution >= 0.6 is 23.2 Å². The van der Waals surface area contributed by atoms with Gasteiger partial charge < -0.3 is 24.2 Å². The third kappa shape index (κ3) is 6.12. The summed E-state index contributed by atoms with van der Waals surface area (Å²) in [6, 6.07) is 15.7. The minimum Gasteiger partial charge on any atom is -0.493 e. The van der Waals surface area contributed by atoms with Gasteiger partial charge in [0.1, 0.15) is 5.75 Å². The lowest BCUT2D eigenvalue weighted by Crippen LogP contribution is -2.43. The van der Waals surface area contributed by atoms with Crippen molar-refractivity contribution in [3.8, 4) is 17.2 Å². The van der Waals surface area contributed by atoms with Crippen LogP contribution in [-0.2, 0) is 22.4 Å². The van der Waals surface area contributed by atoms with Gasteiger partial charge in [0.05, 0.1) is 20.3 Å². The molecule has 1 aliphatic rings.